The number of carbonyl (C=O) groups excluding carboxylic acids is 3. The minimum Gasteiger partial charge on any atom is -0.469 e. The van der Waals surface area contributed by atoms with Gasteiger partial charge in [0.15, 0.2) is 0 Å². The maximum atomic E-state index is 11.9. The van der Waals surface area contributed by atoms with Crippen LogP contribution in [0, 0.1) is 11.8 Å². The first-order valence-corrected chi connectivity index (χ1v) is 5.78. The van der Waals surface area contributed by atoms with Crippen molar-refractivity contribution in [2.75, 3.05) is 7.11 Å². The van der Waals surface area contributed by atoms with E-state index in [0.717, 1.165) is 0 Å². The van der Waals surface area contributed by atoms with Gasteiger partial charge in [-0.15, -0.1) is 0 Å². The average Bonchev–Trinajstić information content (AvgIpc) is 2.52. The number of carbonyl (C=O) groups is 3. The lowest BCUT2D eigenvalue weighted by atomic mass is 9.91. The van der Waals surface area contributed by atoms with Crippen LogP contribution in [0.5, 0.6) is 0 Å². The maximum Gasteiger partial charge on any atom is 0.330 e. The Morgan fingerprint density at radius 2 is 1.78 bits per heavy atom. The normalized spacial score (nSPS) is 27.6. The van der Waals surface area contributed by atoms with Crippen LogP contribution in [0.3, 0.4) is 0 Å². The van der Waals surface area contributed by atoms with Crippen LogP contribution in [-0.2, 0) is 23.9 Å². The lowest BCUT2D eigenvalue weighted by Gasteiger charge is -2.24. The molecule has 18 heavy (non-hydrogen) atoms. The summed E-state index contributed by atoms with van der Waals surface area (Å²) < 4.78 is 9.81. The van der Waals surface area contributed by atoms with Gasteiger partial charge in [-0.1, -0.05) is 6.92 Å². The number of methoxy groups -OCH3 is 1. The number of hydrogen-bond acceptors (Lipinski definition) is 5. The molecule has 6 nitrogen and oxygen atoms in total. The molecular weight excluding hydrogens is 238 g/mol. The summed E-state index contributed by atoms with van der Waals surface area (Å²) in [7, 11) is 1.23. The molecule has 1 aliphatic rings. The third-order valence-electron chi connectivity index (χ3n) is 2.74. The lowest BCUT2D eigenvalue weighted by molar-refractivity contribution is -0.163. The number of hydrogen-bond donors (Lipinski definition) is 1. The molecule has 102 valence electrons. The highest BCUT2D eigenvalue weighted by atomic mass is 16.6. The highest BCUT2D eigenvalue weighted by Gasteiger charge is 2.49. The predicted octanol–water partition coefficient (Wildman–Crippen LogP) is 0.252. The fraction of sp³-hybridized carbons (Fsp3) is 0.750. The second-order valence-electron chi connectivity index (χ2n) is 5.36. The Bertz CT molecular complexity index is 371. The third-order valence-corrected chi connectivity index (χ3v) is 2.74. The van der Waals surface area contributed by atoms with Crippen LogP contribution in [0.25, 0.3) is 0 Å². The van der Waals surface area contributed by atoms with Crippen molar-refractivity contribution in [3.05, 3.63) is 0 Å². The SMILES string of the molecule is COC(=O)[C@@H]1[C@H](C)C(=O)N[C@H]1C(=O)OC(C)(C)C. The molecule has 0 aliphatic carbocycles. The minimum absolute atomic E-state index is 0.346. The fourth-order valence-electron chi connectivity index (χ4n) is 1.87. The summed E-state index contributed by atoms with van der Waals surface area (Å²) in [6, 6.07) is -0.973. The molecule has 0 aromatic rings. The van der Waals surface area contributed by atoms with Gasteiger partial charge in [0.25, 0.3) is 0 Å². The molecule has 1 N–H and O–H groups in total. The molecule has 1 aliphatic heterocycles. The van der Waals surface area contributed by atoms with Gasteiger partial charge in [0.2, 0.25) is 5.91 Å². The van der Waals surface area contributed by atoms with Crippen molar-refractivity contribution in [2.45, 2.75) is 39.3 Å². The number of amides is 1. The molecule has 0 aromatic carbocycles. The van der Waals surface area contributed by atoms with Crippen LogP contribution < -0.4 is 5.32 Å². The molecule has 1 amide bonds. The Kier molecular flexibility index (Phi) is 3.98. The van der Waals surface area contributed by atoms with E-state index in [1.54, 1.807) is 27.7 Å². The molecule has 0 radical (unpaired) electrons. The predicted molar refractivity (Wildman–Crippen MR) is 62.4 cm³/mol. The Morgan fingerprint density at radius 1 is 1.22 bits per heavy atom. The van der Waals surface area contributed by atoms with Crippen molar-refractivity contribution >= 4 is 17.8 Å². The standard InChI is InChI=1S/C12H19NO5/c1-6-7(10(15)17-5)8(13-9(6)14)11(16)18-12(2,3)4/h6-8H,1-5H3,(H,13,14)/t6-,7+,8+/m0/s1. The zero-order chi connectivity index (χ0) is 14.1. The molecule has 0 spiro atoms. The van der Waals surface area contributed by atoms with Gasteiger partial charge in [0.05, 0.1) is 18.9 Å². The van der Waals surface area contributed by atoms with E-state index in [1.165, 1.54) is 7.11 Å². The summed E-state index contributed by atoms with van der Waals surface area (Å²) >= 11 is 0. The molecule has 1 rings (SSSR count). The van der Waals surface area contributed by atoms with Crippen molar-refractivity contribution in [2.24, 2.45) is 11.8 Å². The van der Waals surface area contributed by atoms with Gasteiger partial charge in [-0.25, -0.2) is 4.79 Å². The van der Waals surface area contributed by atoms with Crippen molar-refractivity contribution in [3.8, 4) is 0 Å². The largest absolute Gasteiger partial charge is 0.469 e. The Morgan fingerprint density at radius 3 is 2.22 bits per heavy atom. The second-order valence-corrected chi connectivity index (χ2v) is 5.36. The van der Waals surface area contributed by atoms with Gasteiger partial charge in [-0.2, -0.15) is 0 Å². The van der Waals surface area contributed by atoms with Crippen molar-refractivity contribution in [3.63, 3.8) is 0 Å². The summed E-state index contributed by atoms with van der Waals surface area (Å²) in [6.07, 6.45) is 0. The Labute approximate surface area is 106 Å². The molecule has 0 unspecified atom stereocenters. The van der Waals surface area contributed by atoms with E-state index in [0.29, 0.717) is 0 Å². The first-order chi connectivity index (χ1) is 8.17. The second kappa shape index (κ2) is 4.96. The van der Waals surface area contributed by atoms with Crippen LogP contribution in [0.4, 0.5) is 0 Å². The molecule has 1 fully saturated rings. The average molecular weight is 257 g/mol. The molecule has 0 saturated carbocycles. The molecule has 3 atom stereocenters. The maximum absolute atomic E-state index is 11.9. The topological polar surface area (TPSA) is 81.7 Å². The van der Waals surface area contributed by atoms with E-state index in [2.05, 4.69) is 10.1 Å². The van der Waals surface area contributed by atoms with Crippen LogP contribution in [0.1, 0.15) is 27.7 Å². The Balaban J connectivity index is 2.89. The first-order valence-electron chi connectivity index (χ1n) is 5.78. The third kappa shape index (κ3) is 3.00. The van der Waals surface area contributed by atoms with Gasteiger partial charge in [0.1, 0.15) is 11.6 Å². The molecule has 1 heterocycles. The van der Waals surface area contributed by atoms with Crippen LogP contribution in [0.2, 0.25) is 0 Å². The number of esters is 2. The Hall–Kier alpha value is -1.59. The first kappa shape index (κ1) is 14.5. The summed E-state index contributed by atoms with van der Waals surface area (Å²) in [4.78, 5) is 35.1. The number of ether oxygens (including phenoxy) is 2. The quantitative estimate of drug-likeness (QED) is 0.717. The molecule has 6 heteroatoms. The number of rotatable bonds is 2. The van der Waals surface area contributed by atoms with Crippen molar-refractivity contribution in [1.29, 1.82) is 0 Å². The molecule has 1 saturated heterocycles. The summed E-state index contributed by atoms with van der Waals surface area (Å²) in [6.45, 7) is 6.75. The fourth-order valence-corrected chi connectivity index (χ4v) is 1.87. The zero-order valence-corrected chi connectivity index (χ0v) is 11.3. The van der Waals surface area contributed by atoms with Crippen molar-refractivity contribution in [1.82, 2.24) is 5.32 Å². The van der Waals surface area contributed by atoms with Crippen LogP contribution in [-0.4, -0.2) is 36.6 Å². The highest BCUT2D eigenvalue weighted by molar-refractivity contribution is 5.97. The summed E-state index contributed by atoms with van der Waals surface area (Å²) in [5, 5.41) is 2.48. The molecule has 0 aromatic heterocycles. The van der Waals surface area contributed by atoms with E-state index >= 15 is 0 Å². The van der Waals surface area contributed by atoms with Gasteiger partial charge >= 0.3 is 11.9 Å². The van der Waals surface area contributed by atoms with E-state index in [4.69, 9.17) is 4.74 Å². The van der Waals surface area contributed by atoms with Gasteiger partial charge < -0.3 is 14.8 Å². The van der Waals surface area contributed by atoms with Gasteiger partial charge in [0, 0.05) is 0 Å². The van der Waals surface area contributed by atoms with Crippen molar-refractivity contribution < 1.29 is 23.9 Å². The van der Waals surface area contributed by atoms with Gasteiger partial charge in [-0.3, -0.25) is 9.59 Å². The molecular formula is C12H19NO5. The van der Waals surface area contributed by atoms with Gasteiger partial charge in [-0.05, 0) is 20.8 Å². The van der Waals surface area contributed by atoms with Crippen LogP contribution in [0.15, 0.2) is 0 Å². The molecule has 0 bridgehead atoms. The number of nitrogens with one attached hydrogen (secondary N) is 1. The van der Waals surface area contributed by atoms with E-state index in [1.807, 2.05) is 0 Å². The van der Waals surface area contributed by atoms with Crippen LogP contribution >= 0.6 is 0 Å². The minimum atomic E-state index is -0.973. The van der Waals surface area contributed by atoms with E-state index in [-0.39, 0.29) is 5.91 Å². The monoisotopic (exact) mass is 257 g/mol. The summed E-state index contributed by atoms with van der Waals surface area (Å²) in [5.41, 5.74) is -0.672. The lowest BCUT2D eigenvalue weighted by Crippen LogP contribution is -2.44. The van der Waals surface area contributed by atoms with E-state index < -0.39 is 35.4 Å². The smallest absolute Gasteiger partial charge is 0.330 e. The highest BCUT2D eigenvalue weighted by Crippen LogP contribution is 2.26. The zero-order valence-electron chi connectivity index (χ0n) is 11.3. The van der Waals surface area contributed by atoms with E-state index in [9.17, 15) is 14.4 Å². The summed E-state index contributed by atoms with van der Waals surface area (Å²) in [5.74, 6) is -2.99.